The molecule has 3 nitrogen and oxygen atoms in total. The van der Waals surface area contributed by atoms with Gasteiger partial charge < -0.3 is 10.2 Å². The molecule has 1 heterocycles. The highest BCUT2D eigenvalue weighted by Gasteiger charge is 2.37. The average molecular weight is 182 g/mol. The summed E-state index contributed by atoms with van der Waals surface area (Å²) in [6.07, 6.45) is 4.64. The number of nitrogens with zero attached hydrogens (tertiary/aromatic N) is 1. The number of carbonyl (C=O) groups excluding carboxylic acids is 1. The van der Waals surface area contributed by atoms with Crippen molar-refractivity contribution in [2.45, 2.75) is 44.7 Å². The van der Waals surface area contributed by atoms with Crippen molar-refractivity contribution in [2.24, 2.45) is 0 Å². The van der Waals surface area contributed by atoms with Gasteiger partial charge in [-0.25, -0.2) is 0 Å². The van der Waals surface area contributed by atoms with Crippen LogP contribution in [0.2, 0.25) is 0 Å². The average Bonchev–Trinajstić information content (AvgIpc) is 2.92. The Kier molecular flexibility index (Phi) is 2.54. The predicted octanol–water partition coefficient (Wildman–Crippen LogP) is 0.749. The summed E-state index contributed by atoms with van der Waals surface area (Å²) < 4.78 is 0. The fourth-order valence-electron chi connectivity index (χ4n) is 2.08. The van der Waals surface area contributed by atoms with E-state index in [9.17, 15) is 4.79 Å². The monoisotopic (exact) mass is 182 g/mol. The molecule has 0 bridgehead atoms. The van der Waals surface area contributed by atoms with Gasteiger partial charge in [0.25, 0.3) is 0 Å². The third-order valence-corrected chi connectivity index (χ3v) is 2.91. The van der Waals surface area contributed by atoms with Gasteiger partial charge >= 0.3 is 0 Å². The molecule has 2 aliphatic rings. The minimum Gasteiger partial charge on any atom is -0.338 e. The standard InChI is InChI=1S/C10H18N2O/c1-2-11-9-4-3-7-12(10(9)13)8-5-6-8/h8-9,11H,2-7H2,1H3. The van der Waals surface area contributed by atoms with Crippen LogP contribution in [-0.4, -0.2) is 36.0 Å². The molecule has 0 radical (unpaired) electrons. The van der Waals surface area contributed by atoms with Crippen molar-refractivity contribution in [3.63, 3.8) is 0 Å². The molecule has 1 aliphatic heterocycles. The fraction of sp³-hybridized carbons (Fsp3) is 0.900. The topological polar surface area (TPSA) is 32.3 Å². The maximum absolute atomic E-state index is 11.9. The zero-order valence-corrected chi connectivity index (χ0v) is 8.25. The van der Waals surface area contributed by atoms with Crippen LogP contribution in [0.25, 0.3) is 0 Å². The molecule has 0 spiro atoms. The van der Waals surface area contributed by atoms with Crippen LogP contribution in [0.3, 0.4) is 0 Å². The second-order valence-electron chi connectivity index (χ2n) is 4.02. The van der Waals surface area contributed by atoms with Gasteiger partial charge in [-0.05, 0) is 32.2 Å². The smallest absolute Gasteiger partial charge is 0.239 e. The van der Waals surface area contributed by atoms with Crippen molar-refractivity contribution in [3.05, 3.63) is 0 Å². The summed E-state index contributed by atoms with van der Waals surface area (Å²) in [5.74, 6) is 0.343. The van der Waals surface area contributed by atoms with Crippen LogP contribution in [0, 0.1) is 0 Å². The molecule has 1 unspecified atom stereocenters. The number of likely N-dealkylation sites (tertiary alicyclic amines) is 1. The second-order valence-corrected chi connectivity index (χ2v) is 4.02. The lowest BCUT2D eigenvalue weighted by Crippen LogP contribution is -2.51. The Balaban J connectivity index is 1.94. The van der Waals surface area contributed by atoms with E-state index in [2.05, 4.69) is 17.1 Å². The van der Waals surface area contributed by atoms with Gasteiger partial charge in [0.2, 0.25) is 5.91 Å². The van der Waals surface area contributed by atoms with Gasteiger partial charge in [0.05, 0.1) is 6.04 Å². The zero-order valence-electron chi connectivity index (χ0n) is 8.25. The molecule has 0 aromatic heterocycles. The van der Waals surface area contributed by atoms with E-state index in [1.165, 1.54) is 19.3 Å². The van der Waals surface area contributed by atoms with Crippen molar-refractivity contribution >= 4 is 5.91 Å². The van der Waals surface area contributed by atoms with E-state index in [1.54, 1.807) is 0 Å². The highest BCUT2D eigenvalue weighted by atomic mass is 16.2. The number of hydrogen-bond donors (Lipinski definition) is 1. The second kappa shape index (κ2) is 3.66. The Hall–Kier alpha value is -0.570. The van der Waals surface area contributed by atoms with E-state index >= 15 is 0 Å². The minimum atomic E-state index is 0.111. The zero-order chi connectivity index (χ0) is 9.26. The summed E-state index contributed by atoms with van der Waals surface area (Å²) in [7, 11) is 0. The number of nitrogens with one attached hydrogen (secondary N) is 1. The lowest BCUT2D eigenvalue weighted by Gasteiger charge is -2.32. The normalized spacial score (nSPS) is 29.5. The van der Waals surface area contributed by atoms with Gasteiger partial charge in [0.1, 0.15) is 0 Å². The third kappa shape index (κ3) is 1.85. The van der Waals surface area contributed by atoms with E-state index in [0.29, 0.717) is 11.9 Å². The maximum atomic E-state index is 11.9. The number of amides is 1. The molecule has 1 N–H and O–H groups in total. The van der Waals surface area contributed by atoms with E-state index in [1.807, 2.05) is 0 Å². The van der Waals surface area contributed by atoms with Crippen molar-refractivity contribution in [1.82, 2.24) is 10.2 Å². The Morgan fingerprint density at radius 1 is 1.46 bits per heavy atom. The van der Waals surface area contributed by atoms with Crippen LogP contribution >= 0.6 is 0 Å². The highest BCUT2D eigenvalue weighted by Crippen LogP contribution is 2.29. The van der Waals surface area contributed by atoms with Gasteiger partial charge in [-0.1, -0.05) is 6.92 Å². The molecule has 2 rings (SSSR count). The minimum absolute atomic E-state index is 0.111. The van der Waals surface area contributed by atoms with Crippen molar-refractivity contribution < 1.29 is 4.79 Å². The molecular weight excluding hydrogens is 164 g/mol. The van der Waals surface area contributed by atoms with Crippen LogP contribution in [0.1, 0.15) is 32.6 Å². The first kappa shape index (κ1) is 9.00. The number of rotatable bonds is 3. The van der Waals surface area contributed by atoms with E-state index in [4.69, 9.17) is 0 Å². The van der Waals surface area contributed by atoms with E-state index in [-0.39, 0.29) is 6.04 Å². The number of likely N-dealkylation sites (N-methyl/N-ethyl adjacent to an activating group) is 1. The first-order valence-electron chi connectivity index (χ1n) is 5.36. The van der Waals surface area contributed by atoms with Crippen molar-refractivity contribution in [1.29, 1.82) is 0 Å². The molecule has 74 valence electrons. The van der Waals surface area contributed by atoms with Gasteiger partial charge in [-0.2, -0.15) is 0 Å². The Morgan fingerprint density at radius 2 is 2.23 bits per heavy atom. The number of hydrogen-bond acceptors (Lipinski definition) is 2. The van der Waals surface area contributed by atoms with E-state index < -0.39 is 0 Å². The van der Waals surface area contributed by atoms with Gasteiger partial charge in [0.15, 0.2) is 0 Å². The molecule has 1 amide bonds. The molecule has 2 fully saturated rings. The van der Waals surface area contributed by atoms with Crippen LogP contribution in [0.4, 0.5) is 0 Å². The quantitative estimate of drug-likeness (QED) is 0.698. The summed E-state index contributed by atoms with van der Waals surface area (Å²) in [5.41, 5.74) is 0. The van der Waals surface area contributed by atoms with Crippen LogP contribution in [-0.2, 0) is 4.79 Å². The highest BCUT2D eigenvalue weighted by molar-refractivity contribution is 5.83. The Bertz CT molecular complexity index is 199. The summed E-state index contributed by atoms with van der Waals surface area (Å²) in [4.78, 5) is 13.9. The largest absolute Gasteiger partial charge is 0.338 e. The molecule has 1 atom stereocenters. The Labute approximate surface area is 79.5 Å². The van der Waals surface area contributed by atoms with Gasteiger partial charge in [-0.3, -0.25) is 4.79 Å². The summed E-state index contributed by atoms with van der Waals surface area (Å²) in [5, 5.41) is 3.26. The lowest BCUT2D eigenvalue weighted by molar-refractivity contribution is -0.136. The third-order valence-electron chi connectivity index (χ3n) is 2.91. The van der Waals surface area contributed by atoms with Gasteiger partial charge in [-0.15, -0.1) is 0 Å². The molecular formula is C10H18N2O. The molecule has 0 aromatic carbocycles. The molecule has 3 heteroatoms. The summed E-state index contributed by atoms with van der Waals surface area (Å²) >= 11 is 0. The molecule has 1 aliphatic carbocycles. The summed E-state index contributed by atoms with van der Waals surface area (Å²) in [6.45, 7) is 3.95. The number of piperidine rings is 1. The maximum Gasteiger partial charge on any atom is 0.239 e. The van der Waals surface area contributed by atoms with Crippen LogP contribution in [0.5, 0.6) is 0 Å². The Morgan fingerprint density at radius 3 is 2.85 bits per heavy atom. The van der Waals surface area contributed by atoms with Crippen molar-refractivity contribution in [3.8, 4) is 0 Å². The summed E-state index contributed by atoms with van der Waals surface area (Å²) in [6, 6.07) is 0.702. The first-order chi connectivity index (χ1) is 6.33. The predicted molar refractivity (Wildman–Crippen MR) is 51.4 cm³/mol. The molecule has 1 saturated carbocycles. The fourth-order valence-corrected chi connectivity index (χ4v) is 2.08. The molecule has 1 saturated heterocycles. The van der Waals surface area contributed by atoms with Crippen molar-refractivity contribution in [2.75, 3.05) is 13.1 Å². The molecule has 0 aromatic rings. The van der Waals surface area contributed by atoms with E-state index in [0.717, 1.165) is 19.5 Å². The number of carbonyl (C=O) groups is 1. The first-order valence-corrected chi connectivity index (χ1v) is 5.36. The lowest BCUT2D eigenvalue weighted by atomic mass is 10.0. The SMILES string of the molecule is CCNC1CCCN(C2CC2)C1=O. The molecule has 13 heavy (non-hydrogen) atoms. The van der Waals surface area contributed by atoms with Crippen LogP contribution in [0.15, 0.2) is 0 Å². The van der Waals surface area contributed by atoms with Crippen LogP contribution < -0.4 is 5.32 Å². The van der Waals surface area contributed by atoms with Gasteiger partial charge in [0, 0.05) is 12.6 Å².